The summed E-state index contributed by atoms with van der Waals surface area (Å²) in [5.74, 6) is 0.544. The quantitative estimate of drug-likeness (QED) is 0.719. The van der Waals surface area contributed by atoms with Crippen molar-refractivity contribution in [3.8, 4) is 0 Å². The molecule has 0 bridgehead atoms. The van der Waals surface area contributed by atoms with Crippen LogP contribution in [-0.4, -0.2) is 42.2 Å². The van der Waals surface area contributed by atoms with Crippen molar-refractivity contribution in [2.24, 2.45) is 5.41 Å². The molecule has 4 heteroatoms. The summed E-state index contributed by atoms with van der Waals surface area (Å²) in [5.41, 5.74) is 1.41. The molecule has 2 aliphatic heterocycles. The van der Waals surface area contributed by atoms with E-state index in [4.69, 9.17) is 16.3 Å². The number of halogens is 1. The maximum atomic E-state index is 6.06. The van der Waals surface area contributed by atoms with E-state index < -0.39 is 0 Å². The molecule has 2 atom stereocenters. The van der Waals surface area contributed by atoms with Crippen LogP contribution in [0, 0.1) is 5.41 Å². The summed E-state index contributed by atoms with van der Waals surface area (Å²) in [4.78, 5) is 7.16. The molecule has 0 saturated carbocycles. The molecule has 0 amide bonds. The van der Waals surface area contributed by atoms with Crippen LogP contribution in [0.15, 0.2) is 42.5 Å². The van der Waals surface area contributed by atoms with Gasteiger partial charge in [0.25, 0.3) is 0 Å². The van der Waals surface area contributed by atoms with E-state index in [1.807, 2.05) is 12.1 Å². The van der Waals surface area contributed by atoms with Gasteiger partial charge in [0.2, 0.25) is 0 Å². The van der Waals surface area contributed by atoms with Crippen molar-refractivity contribution in [1.82, 2.24) is 9.88 Å². The molecule has 1 aliphatic carbocycles. The lowest BCUT2D eigenvalue weighted by Gasteiger charge is -2.43. The number of aromatic nitrogens is 1. The third-order valence-corrected chi connectivity index (χ3v) is 6.14. The minimum Gasteiger partial charge on any atom is -0.378 e. The highest BCUT2D eigenvalue weighted by Gasteiger charge is 2.36. The molecule has 4 rings (SSSR count). The van der Waals surface area contributed by atoms with Gasteiger partial charge >= 0.3 is 0 Å². The van der Waals surface area contributed by atoms with E-state index in [9.17, 15) is 0 Å². The van der Waals surface area contributed by atoms with Gasteiger partial charge in [-0.1, -0.05) is 42.0 Å². The van der Waals surface area contributed by atoms with Gasteiger partial charge in [-0.3, -0.25) is 0 Å². The predicted molar refractivity (Wildman–Crippen MR) is 102 cm³/mol. The van der Waals surface area contributed by atoms with Crippen LogP contribution in [-0.2, 0) is 4.74 Å². The van der Waals surface area contributed by atoms with Crippen LogP contribution in [0.25, 0.3) is 0 Å². The Bertz CT molecular complexity index is 647. The van der Waals surface area contributed by atoms with E-state index in [-0.39, 0.29) is 5.41 Å². The molecule has 0 radical (unpaired) electrons. The van der Waals surface area contributed by atoms with Gasteiger partial charge in [-0.15, -0.1) is 0 Å². The summed E-state index contributed by atoms with van der Waals surface area (Å²) in [6.45, 7) is 4.37. The predicted octanol–water partition coefficient (Wildman–Crippen LogP) is 4.60. The molecule has 2 unspecified atom stereocenters. The van der Waals surface area contributed by atoms with Crippen LogP contribution < -0.4 is 0 Å². The van der Waals surface area contributed by atoms with E-state index >= 15 is 0 Å². The van der Waals surface area contributed by atoms with Gasteiger partial charge in [-0.2, -0.15) is 0 Å². The van der Waals surface area contributed by atoms with Crippen molar-refractivity contribution < 1.29 is 4.74 Å². The third-order valence-electron chi connectivity index (χ3n) is 5.93. The van der Waals surface area contributed by atoms with Crippen LogP contribution in [0.3, 0.4) is 0 Å². The Morgan fingerprint density at radius 1 is 1.20 bits per heavy atom. The molecule has 3 aliphatic rings. The third kappa shape index (κ3) is 4.16. The highest BCUT2D eigenvalue weighted by atomic mass is 35.5. The smallest absolute Gasteiger partial charge is 0.129 e. The number of allylic oxidation sites excluding steroid dienone is 3. The zero-order valence-corrected chi connectivity index (χ0v) is 15.5. The second-order valence-corrected chi connectivity index (χ2v) is 8.16. The zero-order valence-electron chi connectivity index (χ0n) is 14.7. The van der Waals surface area contributed by atoms with Gasteiger partial charge in [-0.05, 0) is 57.3 Å². The number of pyridine rings is 1. The molecule has 2 fully saturated rings. The number of nitrogens with zero attached hydrogens (tertiary/aromatic N) is 2. The second-order valence-electron chi connectivity index (χ2n) is 7.77. The first-order valence-electron chi connectivity index (χ1n) is 9.53. The molecule has 134 valence electrons. The molecule has 3 heterocycles. The number of likely N-dealkylation sites (tertiary alicyclic amines) is 1. The van der Waals surface area contributed by atoms with Crippen molar-refractivity contribution in [1.29, 1.82) is 0 Å². The SMILES string of the molecule is Clc1cccc(C2CCN(CC3(CC4CCO4)C=CC=CC3)CC2)n1. The minimum absolute atomic E-state index is 0.251. The number of rotatable bonds is 5. The molecule has 0 N–H and O–H groups in total. The maximum Gasteiger partial charge on any atom is 0.129 e. The Morgan fingerprint density at radius 2 is 2.04 bits per heavy atom. The van der Waals surface area contributed by atoms with E-state index in [1.54, 1.807) is 0 Å². The van der Waals surface area contributed by atoms with E-state index in [1.165, 1.54) is 19.3 Å². The topological polar surface area (TPSA) is 25.4 Å². The summed E-state index contributed by atoms with van der Waals surface area (Å²) >= 11 is 6.06. The molecule has 0 spiro atoms. The van der Waals surface area contributed by atoms with Crippen molar-refractivity contribution in [3.63, 3.8) is 0 Å². The standard InChI is InChI=1S/C21H27ClN2O/c22-20-6-4-5-19(23-20)17-7-12-24(13-8-17)16-21(10-2-1-3-11-21)15-18-9-14-25-18/h1-6,10,17-18H,7-9,11-16H2. The average Bonchev–Trinajstić information content (AvgIpc) is 2.60. The molecule has 0 aromatic carbocycles. The van der Waals surface area contributed by atoms with Crippen molar-refractivity contribution >= 4 is 11.6 Å². The summed E-state index contributed by atoms with van der Waals surface area (Å²) < 4.78 is 5.74. The summed E-state index contributed by atoms with van der Waals surface area (Å²) in [6.07, 6.45) is 15.5. The number of hydrogen-bond acceptors (Lipinski definition) is 3. The summed E-state index contributed by atoms with van der Waals surface area (Å²) in [6, 6.07) is 6.00. The van der Waals surface area contributed by atoms with Gasteiger partial charge in [0, 0.05) is 30.2 Å². The Kier molecular flexibility index (Phi) is 5.25. The molecule has 25 heavy (non-hydrogen) atoms. The highest BCUT2D eigenvalue weighted by molar-refractivity contribution is 6.29. The Morgan fingerprint density at radius 3 is 2.68 bits per heavy atom. The van der Waals surface area contributed by atoms with Crippen molar-refractivity contribution in [3.05, 3.63) is 53.4 Å². The minimum atomic E-state index is 0.251. The fraction of sp³-hybridized carbons (Fsp3) is 0.571. The molecule has 3 nitrogen and oxygen atoms in total. The lowest BCUT2D eigenvalue weighted by atomic mass is 9.75. The monoisotopic (exact) mass is 358 g/mol. The number of ether oxygens (including phenoxy) is 1. The Balaban J connectivity index is 1.36. The lowest BCUT2D eigenvalue weighted by Crippen LogP contribution is -2.44. The van der Waals surface area contributed by atoms with Crippen molar-refractivity contribution in [2.45, 2.75) is 44.1 Å². The van der Waals surface area contributed by atoms with E-state index in [2.05, 4.69) is 40.3 Å². The first-order chi connectivity index (χ1) is 12.2. The summed E-state index contributed by atoms with van der Waals surface area (Å²) in [7, 11) is 0. The van der Waals surface area contributed by atoms with E-state index in [0.717, 1.165) is 44.8 Å². The first kappa shape index (κ1) is 17.3. The molecular formula is C21H27ClN2O. The fourth-order valence-corrected chi connectivity index (χ4v) is 4.59. The number of hydrogen-bond donors (Lipinski definition) is 0. The largest absolute Gasteiger partial charge is 0.378 e. The van der Waals surface area contributed by atoms with Crippen LogP contribution in [0.1, 0.15) is 43.7 Å². The lowest BCUT2D eigenvalue weighted by molar-refractivity contribution is -0.0737. The highest BCUT2D eigenvalue weighted by Crippen LogP contribution is 2.39. The van der Waals surface area contributed by atoms with Crippen LogP contribution in [0.2, 0.25) is 5.15 Å². The second kappa shape index (κ2) is 7.61. The molecule has 2 saturated heterocycles. The molecule has 1 aromatic rings. The first-order valence-corrected chi connectivity index (χ1v) is 9.91. The number of piperidine rings is 1. The van der Waals surface area contributed by atoms with Gasteiger partial charge in [-0.25, -0.2) is 4.98 Å². The fourth-order valence-electron chi connectivity index (χ4n) is 4.42. The zero-order chi connectivity index (χ0) is 17.1. The van der Waals surface area contributed by atoms with Gasteiger partial charge in [0.05, 0.1) is 6.10 Å². The molecular weight excluding hydrogens is 332 g/mol. The van der Waals surface area contributed by atoms with Gasteiger partial charge < -0.3 is 9.64 Å². The van der Waals surface area contributed by atoms with Crippen molar-refractivity contribution in [2.75, 3.05) is 26.2 Å². The van der Waals surface area contributed by atoms with Gasteiger partial charge in [0.1, 0.15) is 5.15 Å². The molecule has 1 aromatic heterocycles. The van der Waals surface area contributed by atoms with Crippen LogP contribution in [0.5, 0.6) is 0 Å². The van der Waals surface area contributed by atoms with Gasteiger partial charge in [0.15, 0.2) is 0 Å². The van der Waals surface area contributed by atoms with E-state index in [0.29, 0.717) is 17.2 Å². The summed E-state index contributed by atoms with van der Waals surface area (Å²) in [5, 5.41) is 0.610. The van der Waals surface area contributed by atoms with Crippen LogP contribution >= 0.6 is 11.6 Å². The Hall–Kier alpha value is -1.16. The maximum absolute atomic E-state index is 6.06. The Labute approximate surface area is 155 Å². The normalized spacial score (nSPS) is 30.4. The average molecular weight is 359 g/mol. The van der Waals surface area contributed by atoms with Crippen LogP contribution in [0.4, 0.5) is 0 Å².